The van der Waals surface area contributed by atoms with Crippen LogP contribution in [0.2, 0.25) is 0 Å². The molecule has 0 saturated carbocycles. The van der Waals surface area contributed by atoms with Crippen molar-refractivity contribution in [3.8, 4) is 5.75 Å². The molecule has 1 aliphatic rings. The lowest BCUT2D eigenvalue weighted by atomic mass is 10.1. The maximum absolute atomic E-state index is 9.94. The van der Waals surface area contributed by atoms with E-state index in [0.29, 0.717) is 0 Å². The van der Waals surface area contributed by atoms with Crippen LogP contribution in [0.25, 0.3) is 10.9 Å². The number of benzene rings is 1. The Morgan fingerprint density at radius 2 is 2.25 bits per heavy atom. The summed E-state index contributed by atoms with van der Waals surface area (Å²) in [5.41, 5.74) is 2.23. The van der Waals surface area contributed by atoms with Gasteiger partial charge < -0.3 is 14.4 Å². The lowest BCUT2D eigenvalue weighted by Gasteiger charge is -2.20. The van der Waals surface area contributed by atoms with Crippen molar-refractivity contribution in [2.24, 2.45) is 0 Å². The van der Waals surface area contributed by atoms with Gasteiger partial charge in [0, 0.05) is 23.1 Å². The number of aromatic nitrogens is 1. The third kappa shape index (κ3) is 1.32. The third-order valence-corrected chi connectivity index (χ3v) is 3.34. The quantitative estimate of drug-likeness (QED) is 0.796. The number of nitrogens with zero attached hydrogens (tertiary/aromatic N) is 1. The molecule has 0 fully saturated rings. The minimum Gasteiger partial charge on any atom is -0.497 e. The zero-order valence-corrected chi connectivity index (χ0v) is 9.31. The van der Waals surface area contributed by atoms with Crippen LogP contribution < -0.4 is 4.74 Å². The highest BCUT2D eigenvalue weighted by Crippen LogP contribution is 2.32. The summed E-state index contributed by atoms with van der Waals surface area (Å²) in [5, 5.41) is 11.1. The van der Waals surface area contributed by atoms with Crippen molar-refractivity contribution in [3.63, 3.8) is 0 Å². The van der Waals surface area contributed by atoms with Crippen LogP contribution in [0.4, 0.5) is 0 Å². The van der Waals surface area contributed by atoms with Gasteiger partial charge in [-0.05, 0) is 37.1 Å². The van der Waals surface area contributed by atoms with E-state index in [1.54, 1.807) is 7.11 Å². The lowest BCUT2D eigenvalue weighted by molar-refractivity contribution is 0.140. The van der Waals surface area contributed by atoms with E-state index < -0.39 is 0 Å². The Balaban J connectivity index is 2.23. The molecule has 84 valence electrons. The van der Waals surface area contributed by atoms with E-state index >= 15 is 0 Å². The molecule has 1 aromatic carbocycles. The average molecular weight is 217 g/mol. The lowest BCUT2D eigenvalue weighted by Crippen LogP contribution is -2.14. The van der Waals surface area contributed by atoms with E-state index in [9.17, 15) is 5.11 Å². The average Bonchev–Trinajstić information content (AvgIpc) is 2.68. The minimum absolute atomic E-state index is 0.313. The molecule has 2 aromatic rings. The van der Waals surface area contributed by atoms with E-state index in [4.69, 9.17) is 4.74 Å². The fourth-order valence-corrected chi connectivity index (χ4v) is 2.51. The summed E-state index contributed by atoms with van der Waals surface area (Å²) in [6.45, 7) is 1.00. The summed E-state index contributed by atoms with van der Waals surface area (Å²) < 4.78 is 7.42. The van der Waals surface area contributed by atoms with Gasteiger partial charge in [-0.3, -0.25) is 0 Å². The Morgan fingerprint density at radius 3 is 3.06 bits per heavy atom. The molecule has 1 atom stereocenters. The SMILES string of the molecule is COc1ccc2c(c1)cc1n2CCCC1O. The van der Waals surface area contributed by atoms with Gasteiger partial charge in [-0.1, -0.05) is 0 Å². The number of rotatable bonds is 1. The maximum Gasteiger partial charge on any atom is 0.119 e. The second-order valence-corrected chi connectivity index (χ2v) is 4.30. The monoisotopic (exact) mass is 217 g/mol. The van der Waals surface area contributed by atoms with Gasteiger partial charge in [0.2, 0.25) is 0 Å². The van der Waals surface area contributed by atoms with Gasteiger partial charge in [-0.25, -0.2) is 0 Å². The summed E-state index contributed by atoms with van der Waals surface area (Å²) in [6.07, 6.45) is 1.60. The summed E-state index contributed by atoms with van der Waals surface area (Å²) in [7, 11) is 1.67. The second kappa shape index (κ2) is 3.52. The Hall–Kier alpha value is -1.48. The fourth-order valence-electron chi connectivity index (χ4n) is 2.51. The molecule has 0 bridgehead atoms. The first-order valence-electron chi connectivity index (χ1n) is 5.65. The molecule has 0 aliphatic carbocycles. The molecule has 1 unspecified atom stereocenters. The predicted octanol–water partition coefficient (Wildman–Crippen LogP) is 2.48. The van der Waals surface area contributed by atoms with E-state index in [0.717, 1.165) is 36.2 Å². The van der Waals surface area contributed by atoms with E-state index in [1.165, 1.54) is 5.52 Å². The number of aliphatic hydroxyl groups excluding tert-OH is 1. The van der Waals surface area contributed by atoms with Crippen molar-refractivity contribution in [1.29, 1.82) is 0 Å². The highest BCUT2D eigenvalue weighted by molar-refractivity contribution is 5.83. The molecular weight excluding hydrogens is 202 g/mol. The Labute approximate surface area is 94.3 Å². The smallest absolute Gasteiger partial charge is 0.119 e. The van der Waals surface area contributed by atoms with Gasteiger partial charge in [0.1, 0.15) is 5.75 Å². The molecule has 1 aliphatic heterocycles. The summed E-state index contributed by atoms with van der Waals surface area (Å²) in [6, 6.07) is 8.13. The van der Waals surface area contributed by atoms with Gasteiger partial charge in [-0.2, -0.15) is 0 Å². The zero-order valence-electron chi connectivity index (χ0n) is 9.31. The Morgan fingerprint density at radius 1 is 1.38 bits per heavy atom. The summed E-state index contributed by atoms with van der Waals surface area (Å²) in [4.78, 5) is 0. The first kappa shape index (κ1) is 9.73. The van der Waals surface area contributed by atoms with Crippen molar-refractivity contribution < 1.29 is 9.84 Å². The van der Waals surface area contributed by atoms with Gasteiger partial charge in [0.05, 0.1) is 13.2 Å². The first-order chi connectivity index (χ1) is 7.79. The molecule has 0 spiro atoms. The maximum atomic E-state index is 9.94. The van der Waals surface area contributed by atoms with Crippen LogP contribution in [-0.4, -0.2) is 16.8 Å². The molecule has 0 amide bonds. The zero-order chi connectivity index (χ0) is 11.1. The van der Waals surface area contributed by atoms with Crippen LogP contribution in [0.1, 0.15) is 24.6 Å². The number of fused-ring (bicyclic) bond motifs is 3. The molecule has 3 nitrogen and oxygen atoms in total. The van der Waals surface area contributed by atoms with Crippen LogP contribution in [0, 0.1) is 0 Å². The molecule has 0 radical (unpaired) electrons. The first-order valence-corrected chi connectivity index (χ1v) is 5.65. The fraction of sp³-hybridized carbons (Fsp3) is 0.385. The van der Waals surface area contributed by atoms with Gasteiger partial charge in [0.25, 0.3) is 0 Å². The Kier molecular flexibility index (Phi) is 2.14. The highest BCUT2D eigenvalue weighted by Gasteiger charge is 2.20. The number of hydrogen-bond acceptors (Lipinski definition) is 2. The van der Waals surface area contributed by atoms with E-state index in [1.807, 2.05) is 12.1 Å². The summed E-state index contributed by atoms with van der Waals surface area (Å²) in [5.74, 6) is 0.866. The molecule has 0 saturated heterocycles. The predicted molar refractivity (Wildman–Crippen MR) is 62.7 cm³/mol. The van der Waals surface area contributed by atoms with Crippen molar-refractivity contribution >= 4 is 10.9 Å². The summed E-state index contributed by atoms with van der Waals surface area (Å²) >= 11 is 0. The van der Waals surface area contributed by atoms with Crippen LogP contribution in [0.5, 0.6) is 5.75 Å². The molecular formula is C13H15NO2. The van der Waals surface area contributed by atoms with Gasteiger partial charge in [-0.15, -0.1) is 0 Å². The molecule has 3 rings (SSSR count). The Bertz CT molecular complexity index is 530. The number of ether oxygens (including phenoxy) is 1. The van der Waals surface area contributed by atoms with Crippen molar-refractivity contribution in [1.82, 2.24) is 4.57 Å². The highest BCUT2D eigenvalue weighted by atomic mass is 16.5. The standard InChI is InChI=1S/C13H15NO2/c1-16-10-4-5-11-9(7-10)8-12-13(15)3-2-6-14(11)12/h4-5,7-8,13,15H,2-3,6H2,1H3. The van der Waals surface area contributed by atoms with E-state index in [2.05, 4.69) is 16.7 Å². The molecule has 2 heterocycles. The molecule has 3 heteroatoms. The number of aliphatic hydroxyl groups is 1. The van der Waals surface area contributed by atoms with Crippen molar-refractivity contribution in [3.05, 3.63) is 30.0 Å². The van der Waals surface area contributed by atoms with Gasteiger partial charge in [0.15, 0.2) is 0 Å². The van der Waals surface area contributed by atoms with Crippen LogP contribution in [-0.2, 0) is 6.54 Å². The van der Waals surface area contributed by atoms with Gasteiger partial charge >= 0.3 is 0 Å². The van der Waals surface area contributed by atoms with Crippen molar-refractivity contribution in [2.75, 3.05) is 7.11 Å². The topological polar surface area (TPSA) is 34.4 Å². The van der Waals surface area contributed by atoms with E-state index in [-0.39, 0.29) is 6.10 Å². The van der Waals surface area contributed by atoms with Crippen LogP contribution in [0.3, 0.4) is 0 Å². The number of hydrogen-bond donors (Lipinski definition) is 1. The largest absolute Gasteiger partial charge is 0.497 e. The third-order valence-electron chi connectivity index (χ3n) is 3.34. The normalized spacial score (nSPS) is 19.8. The van der Waals surface area contributed by atoms with Crippen molar-refractivity contribution in [2.45, 2.75) is 25.5 Å². The molecule has 16 heavy (non-hydrogen) atoms. The van der Waals surface area contributed by atoms with Crippen LogP contribution >= 0.6 is 0 Å². The number of aryl methyl sites for hydroxylation is 1. The number of methoxy groups -OCH3 is 1. The van der Waals surface area contributed by atoms with Crippen LogP contribution in [0.15, 0.2) is 24.3 Å². The minimum atomic E-state index is -0.313. The second-order valence-electron chi connectivity index (χ2n) is 4.30. The molecule has 1 N–H and O–H groups in total. The molecule has 1 aromatic heterocycles.